The molecule has 0 saturated carbocycles. The Labute approximate surface area is 107 Å². The summed E-state index contributed by atoms with van der Waals surface area (Å²) in [6, 6.07) is 6.38. The van der Waals surface area contributed by atoms with Gasteiger partial charge in [-0.1, -0.05) is 12.1 Å². The van der Waals surface area contributed by atoms with Gasteiger partial charge in [-0.2, -0.15) is 0 Å². The van der Waals surface area contributed by atoms with E-state index in [0.29, 0.717) is 18.0 Å². The molecule has 0 aliphatic carbocycles. The van der Waals surface area contributed by atoms with Gasteiger partial charge in [-0.05, 0) is 44.0 Å². The van der Waals surface area contributed by atoms with Crippen molar-refractivity contribution in [3.8, 4) is 0 Å². The molecule has 3 nitrogen and oxygen atoms in total. The van der Waals surface area contributed by atoms with Crippen molar-refractivity contribution < 1.29 is 9.18 Å². The molecule has 98 valence electrons. The number of hydrogen-bond acceptors (Lipinski definition) is 2. The zero-order valence-electron chi connectivity index (χ0n) is 10.7. The summed E-state index contributed by atoms with van der Waals surface area (Å²) in [5.74, 6) is 0.00407. The fourth-order valence-corrected chi connectivity index (χ4v) is 2.34. The van der Waals surface area contributed by atoms with Crippen LogP contribution in [0.5, 0.6) is 0 Å². The maximum Gasteiger partial charge on any atom is 0.227 e. The number of para-hydroxylation sites is 1. The Bertz CT molecular complexity index is 416. The van der Waals surface area contributed by atoms with Crippen LogP contribution in [0.4, 0.5) is 10.1 Å². The molecule has 0 aromatic heterocycles. The van der Waals surface area contributed by atoms with Gasteiger partial charge in [0.1, 0.15) is 5.82 Å². The molecule has 4 heteroatoms. The van der Waals surface area contributed by atoms with E-state index in [2.05, 4.69) is 5.32 Å². The van der Waals surface area contributed by atoms with E-state index in [-0.39, 0.29) is 11.7 Å². The number of halogens is 1. The lowest BCUT2D eigenvalue weighted by Gasteiger charge is -2.25. The van der Waals surface area contributed by atoms with Crippen LogP contribution >= 0.6 is 0 Å². The van der Waals surface area contributed by atoms with Crippen molar-refractivity contribution in [3.63, 3.8) is 0 Å². The number of piperidine rings is 1. The summed E-state index contributed by atoms with van der Waals surface area (Å²) in [5.41, 5.74) is 0.353. The summed E-state index contributed by atoms with van der Waals surface area (Å²) in [4.78, 5) is 13.5. The standard InChI is InChI=1S/C14H19FN2O/c1-17(13-7-3-2-6-12(13)15)14(18)9-11-5-4-8-16-10-11/h2-3,6-7,11,16H,4-5,8-10H2,1H3. The van der Waals surface area contributed by atoms with E-state index in [1.165, 1.54) is 11.0 Å². The lowest BCUT2D eigenvalue weighted by atomic mass is 9.95. The molecule has 1 aliphatic rings. The summed E-state index contributed by atoms with van der Waals surface area (Å²) >= 11 is 0. The van der Waals surface area contributed by atoms with Crippen molar-refractivity contribution in [1.29, 1.82) is 0 Å². The van der Waals surface area contributed by atoms with E-state index < -0.39 is 0 Å². The molecule has 0 bridgehead atoms. The van der Waals surface area contributed by atoms with Crippen LogP contribution in [0.2, 0.25) is 0 Å². The average molecular weight is 250 g/mol. The third kappa shape index (κ3) is 3.07. The predicted octanol–water partition coefficient (Wildman–Crippen LogP) is 2.18. The Kier molecular flexibility index (Phi) is 4.31. The van der Waals surface area contributed by atoms with Crippen molar-refractivity contribution in [2.24, 2.45) is 5.92 Å². The van der Waals surface area contributed by atoms with Crippen molar-refractivity contribution in [1.82, 2.24) is 5.32 Å². The number of hydrogen-bond donors (Lipinski definition) is 1. The molecule has 1 aliphatic heterocycles. The number of carbonyl (C=O) groups is 1. The summed E-state index contributed by atoms with van der Waals surface area (Å²) in [6.07, 6.45) is 2.67. The van der Waals surface area contributed by atoms with Gasteiger partial charge < -0.3 is 10.2 Å². The second-order valence-electron chi connectivity index (χ2n) is 4.82. The molecule has 1 aromatic rings. The maximum absolute atomic E-state index is 13.6. The summed E-state index contributed by atoms with van der Waals surface area (Å²) in [5, 5.41) is 3.29. The molecule has 18 heavy (non-hydrogen) atoms. The number of benzene rings is 1. The summed E-state index contributed by atoms with van der Waals surface area (Å²) < 4.78 is 13.6. The highest BCUT2D eigenvalue weighted by Crippen LogP contribution is 2.21. The molecule has 1 aromatic carbocycles. The molecule has 1 amide bonds. The third-order valence-electron chi connectivity index (χ3n) is 3.45. The molecule has 1 fully saturated rings. The van der Waals surface area contributed by atoms with Gasteiger partial charge in [0.2, 0.25) is 5.91 Å². The van der Waals surface area contributed by atoms with Gasteiger partial charge >= 0.3 is 0 Å². The van der Waals surface area contributed by atoms with Crippen LogP contribution in [-0.4, -0.2) is 26.0 Å². The monoisotopic (exact) mass is 250 g/mol. The van der Waals surface area contributed by atoms with Crippen molar-refractivity contribution in [2.45, 2.75) is 19.3 Å². The van der Waals surface area contributed by atoms with Crippen molar-refractivity contribution in [3.05, 3.63) is 30.1 Å². The Morgan fingerprint density at radius 1 is 1.50 bits per heavy atom. The van der Waals surface area contributed by atoms with Crippen LogP contribution < -0.4 is 10.2 Å². The number of rotatable bonds is 3. The molecular weight excluding hydrogens is 231 g/mol. The minimum Gasteiger partial charge on any atom is -0.316 e. The second-order valence-corrected chi connectivity index (χ2v) is 4.82. The predicted molar refractivity (Wildman–Crippen MR) is 70.0 cm³/mol. The highest BCUT2D eigenvalue weighted by Gasteiger charge is 2.20. The van der Waals surface area contributed by atoms with Gasteiger partial charge in [0.15, 0.2) is 0 Å². The van der Waals surface area contributed by atoms with E-state index >= 15 is 0 Å². The third-order valence-corrected chi connectivity index (χ3v) is 3.45. The first kappa shape index (κ1) is 13.0. The van der Waals surface area contributed by atoms with Crippen LogP contribution in [0.1, 0.15) is 19.3 Å². The SMILES string of the molecule is CN(C(=O)CC1CCCNC1)c1ccccc1F. The van der Waals surface area contributed by atoms with Gasteiger partial charge in [-0.25, -0.2) is 4.39 Å². The zero-order valence-corrected chi connectivity index (χ0v) is 10.7. The Hall–Kier alpha value is -1.42. The fraction of sp³-hybridized carbons (Fsp3) is 0.500. The lowest BCUT2D eigenvalue weighted by molar-refractivity contribution is -0.119. The minimum absolute atomic E-state index is 0.0196. The molecule has 1 N–H and O–H groups in total. The molecule has 1 heterocycles. The first-order chi connectivity index (χ1) is 8.68. The summed E-state index contributed by atoms with van der Waals surface area (Å²) in [6.45, 7) is 1.92. The number of anilines is 1. The van der Waals surface area contributed by atoms with E-state index in [4.69, 9.17) is 0 Å². The number of nitrogens with one attached hydrogen (secondary N) is 1. The first-order valence-electron chi connectivity index (χ1n) is 6.40. The normalized spacial score (nSPS) is 19.6. The number of nitrogens with zero attached hydrogens (tertiary/aromatic N) is 1. The molecule has 1 atom stereocenters. The lowest BCUT2D eigenvalue weighted by Crippen LogP contribution is -2.35. The number of carbonyl (C=O) groups excluding carboxylic acids is 1. The smallest absolute Gasteiger partial charge is 0.227 e. The van der Waals surface area contributed by atoms with E-state index in [0.717, 1.165) is 25.9 Å². The van der Waals surface area contributed by atoms with Crippen LogP contribution in [0.3, 0.4) is 0 Å². The second kappa shape index (κ2) is 5.96. The van der Waals surface area contributed by atoms with Gasteiger partial charge in [0.25, 0.3) is 0 Å². The van der Waals surface area contributed by atoms with E-state index in [1.54, 1.807) is 25.2 Å². The number of amides is 1. The molecule has 0 radical (unpaired) electrons. The molecule has 1 unspecified atom stereocenters. The van der Waals surface area contributed by atoms with Crippen LogP contribution in [0.25, 0.3) is 0 Å². The Balaban J connectivity index is 1.98. The van der Waals surface area contributed by atoms with Gasteiger partial charge in [-0.15, -0.1) is 0 Å². The van der Waals surface area contributed by atoms with Gasteiger partial charge in [-0.3, -0.25) is 4.79 Å². The van der Waals surface area contributed by atoms with Gasteiger partial charge in [0, 0.05) is 13.5 Å². The minimum atomic E-state index is -0.352. The molecular formula is C14H19FN2O. The first-order valence-corrected chi connectivity index (χ1v) is 6.40. The van der Waals surface area contributed by atoms with Gasteiger partial charge in [0.05, 0.1) is 5.69 Å². The van der Waals surface area contributed by atoms with Crippen LogP contribution in [0.15, 0.2) is 24.3 Å². The highest BCUT2D eigenvalue weighted by molar-refractivity contribution is 5.93. The largest absolute Gasteiger partial charge is 0.316 e. The highest BCUT2D eigenvalue weighted by atomic mass is 19.1. The van der Waals surface area contributed by atoms with Crippen molar-refractivity contribution in [2.75, 3.05) is 25.0 Å². The molecule has 1 saturated heterocycles. The maximum atomic E-state index is 13.6. The van der Waals surface area contributed by atoms with E-state index in [1.807, 2.05) is 0 Å². The fourth-order valence-electron chi connectivity index (χ4n) is 2.34. The van der Waals surface area contributed by atoms with Crippen LogP contribution in [0, 0.1) is 11.7 Å². The quantitative estimate of drug-likeness (QED) is 0.891. The average Bonchev–Trinajstić information content (AvgIpc) is 2.39. The van der Waals surface area contributed by atoms with Crippen LogP contribution in [-0.2, 0) is 4.79 Å². The Morgan fingerprint density at radius 2 is 2.28 bits per heavy atom. The topological polar surface area (TPSA) is 32.3 Å². The summed E-state index contributed by atoms with van der Waals surface area (Å²) in [7, 11) is 1.64. The Morgan fingerprint density at radius 3 is 2.94 bits per heavy atom. The van der Waals surface area contributed by atoms with E-state index in [9.17, 15) is 9.18 Å². The zero-order chi connectivity index (χ0) is 13.0. The van der Waals surface area contributed by atoms with Crippen molar-refractivity contribution >= 4 is 11.6 Å². The molecule has 0 spiro atoms. The molecule has 2 rings (SSSR count).